The average Bonchev–Trinajstić information content (AvgIpc) is 2.92. The Balaban J connectivity index is 2.11. The maximum atomic E-state index is 12.7. The molecule has 0 saturated heterocycles. The Bertz CT molecular complexity index is 581. The first-order valence-electron chi connectivity index (χ1n) is 8.85. The van der Waals surface area contributed by atoms with Gasteiger partial charge in [0.15, 0.2) is 0 Å². The van der Waals surface area contributed by atoms with E-state index in [1.54, 1.807) is 11.3 Å². The van der Waals surface area contributed by atoms with E-state index in [1.807, 2.05) is 20.8 Å². The van der Waals surface area contributed by atoms with Gasteiger partial charge in [0.1, 0.15) is 5.00 Å². The van der Waals surface area contributed by atoms with Crippen molar-refractivity contribution >= 4 is 28.2 Å². The van der Waals surface area contributed by atoms with Gasteiger partial charge in [0.2, 0.25) is 5.91 Å². The van der Waals surface area contributed by atoms with E-state index in [0.29, 0.717) is 30.3 Å². The third-order valence-electron chi connectivity index (χ3n) is 4.11. The van der Waals surface area contributed by atoms with Crippen LogP contribution in [-0.4, -0.2) is 31.6 Å². The smallest absolute Gasteiger partial charge is 0.254 e. The molecule has 6 heteroatoms. The minimum absolute atomic E-state index is 0.0426. The fourth-order valence-corrected chi connectivity index (χ4v) is 4.05. The number of anilines is 1. The van der Waals surface area contributed by atoms with Crippen LogP contribution in [0, 0.1) is 5.92 Å². The predicted octanol–water partition coefficient (Wildman–Crippen LogP) is 3.38. The number of rotatable bonds is 8. The number of carbonyl (C=O) groups is 2. The number of thiophene rings is 1. The summed E-state index contributed by atoms with van der Waals surface area (Å²) in [6.45, 7) is 7.60. The first kappa shape index (κ1) is 18.9. The summed E-state index contributed by atoms with van der Waals surface area (Å²) in [6, 6.07) is 0. The van der Waals surface area contributed by atoms with Gasteiger partial charge in [0.05, 0.1) is 5.56 Å². The summed E-state index contributed by atoms with van der Waals surface area (Å²) in [5.41, 5.74) is 1.81. The van der Waals surface area contributed by atoms with E-state index in [2.05, 4.69) is 10.6 Å². The van der Waals surface area contributed by atoms with Gasteiger partial charge in [0, 0.05) is 30.6 Å². The van der Waals surface area contributed by atoms with Crippen LogP contribution < -0.4 is 10.6 Å². The molecule has 0 aromatic carbocycles. The Labute approximate surface area is 148 Å². The van der Waals surface area contributed by atoms with E-state index < -0.39 is 0 Å². The monoisotopic (exact) mass is 352 g/mol. The van der Waals surface area contributed by atoms with Crippen molar-refractivity contribution in [3.8, 4) is 0 Å². The summed E-state index contributed by atoms with van der Waals surface area (Å²) in [6.07, 6.45) is 4.97. The number of nitrogens with one attached hydrogen (secondary N) is 2. The average molecular weight is 353 g/mol. The Morgan fingerprint density at radius 3 is 2.71 bits per heavy atom. The van der Waals surface area contributed by atoms with Crippen molar-refractivity contribution < 1.29 is 14.3 Å². The molecule has 0 aliphatic heterocycles. The van der Waals surface area contributed by atoms with Crippen LogP contribution >= 0.6 is 11.3 Å². The fourth-order valence-electron chi connectivity index (χ4n) is 2.76. The van der Waals surface area contributed by atoms with E-state index in [4.69, 9.17) is 4.74 Å². The molecule has 0 unspecified atom stereocenters. The van der Waals surface area contributed by atoms with Crippen LogP contribution in [-0.2, 0) is 22.4 Å². The third-order valence-corrected chi connectivity index (χ3v) is 5.32. The highest BCUT2D eigenvalue weighted by atomic mass is 32.1. The van der Waals surface area contributed by atoms with Crippen LogP contribution in [0.5, 0.6) is 0 Å². The van der Waals surface area contributed by atoms with Gasteiger partial charge in [-0.1, -0.05) is 13.8 Å². The summed E-state index contributed by atoms with van der Waals surface area (Å²) < 4.78 is 5.29. The number of fused-ring (bicyclic) bond motifs is 1. The maximum Gasteiger partial charge on any atom is 0.254 e. The number of ether oxygens (including phenoxy) is 1. The highest BCUT2D eigenvalue weighted by molar-refractivity contribution is 7.17. The molecule has 0 atom stereocenters. The van der Waals surface area contributed by atoms with Crippen molar-refractivity contribution in [1.29, 1.82) is 0 Å². The van der Waals surface area contributed by atoms with E-state index in [-0.39, 0.29) is 17.7 Å². The molecule has 2 amide bonds. The normalized spacial score (nSPS) is 13.7. The number of amides is 2. The van der Waals surface area contributed by atoms with Crippen molar-refractivity contribution in [1.82, 2.24) is 5.32 Å². The van der Waals surface area contributed by atoms with Crippen molar-refractivity contribution in [2.75, 3.05) is 25.1 Å². The predicted molar refractivity (Wildman–Crippen MR) is 97.9 cm³/mol. The van der Waals surface area contributed by atoms with Gasteiger partial charge < -0.3 is 15.4 Å². The molecule has 1 aromatic heterocycles. The molecular weight excluding hydrogens is 324 g/mol. The summed E-state index contributed by atoms with van der Waals surface area (Å²) in [5, 5.41) is 6.64. The molecule has 0 radical (unpaired) electrons. The van der Waals surface area contributed by atoms with Crippen LogP contribution in [0.25, 0.3) is 0 Å². The van der Waals surface area contributed by atoms with Crippen molar-refractivity contribution in [2.45, 2.75) is 52.9 Å². The zero-order chi connectivity index (χ0) is 17.5. The molecule has 1 aromatic rings. The molecule has 0 spiro atoms. The number of carbonyl (C=O) groups excluding carboxylic acids is 2. The zero-order valence-corrected chi connectivity index (χ0v) is 15.7. The Hall–Kier alpha value is -1.40. The lowest BCUT2D eigenvalue weighted by Gasteiger charge is -2.13. The highest BCUT2D eigenvalue weighted by Crippen LogP contribution is 2.38. The van der Waals surface area contributed by atoms with Crippen LogP contribution in [0.1, 0.15) is 60.8 Å². The molecule has 0 fully saturated rings. The summed E-state index contributed by atoms with van der Waals surface area (Å²) in [5.74, 6) is -0.227. The lowest BCUT2D eigenvalue weighted by atomic mass is 9.95. The maximum absolute atomic E-state index is 12.7. The van der Waals surface area contributed by atoms with Gasteiger partial charge >= 0.3 is 0 Å². The fraction of sp³-hybridized carbons (Fsp3) is 0.667. The van der Waals surface area contributed by atoms with Crippen molar-refractivity contribution in [3.63, 3.8) is 0 Å². The SMILES string of the molecule is CCOCCCNC(=O)c1c(NC(=O)C(C)C)sc2c1CCCC2. The van der Waals surface area contributed by atoms with Crippen LogP contribution in [0.3, 0.4) is 0 Å². The first-order valence-corrected chi connectivity index (χ1v) is 9.67. The largest absolute Gasteiger partial charge is 0.382 e. The van der Waals surface area contributed by atoms with E-state index in [9.17, 15) is 9.59 Å². The second kappa shape index (κ2) is 9.18. The zero-order valence-electron chi connectivity index (χ0n) is 14.9. The molecule has 2 rings (SSSR count). The van der Waals surface area contributed by atoms with Crippen molar-refractivity contribution in [3.05, 3.63) is 16.0 Å². The standard InChI is InChI=1S/C18H28N2O3S/c1-4-23-11-7-10-19-17(22)15-13-8-5-6-9-14(13)24-18(15)20-16(21)12(2)3/h12H,4-11H2,1-3H3,(H,19,22)(H,20,21). The molecule has 0 bridgehead atoms. The van der Waals surface area contributed by atoms with Gasteiger partial charge in [-0.25, -0.2) is 0 Å². The second-order valence-electron chi connectivity index (χ2n) is 6.37. The minimum Gasteiger partial charge on any atom is -0.382 e. The summed E-state index contributed by atoms with van der Waals surface area (Å²) >= 11 is 1.57. The molecular formula is C18H28N2O3S. The van der Waals surface area contributed by atoms with Gasteiger partial charge in [-0.2, -0.15) is 0 Å². The van der Waals surface area contributed by atoms with Gasteiger partial charge in [0.25, 0.3) is 5.91 Å². The van der Waals surface area contributed by atoms with E-state index in [1.165, 1.54) is 4.88 Å². The van der Waals surface area contributed by atoms with Gasteiger partial charge in [-0.05, 0) is 44.6 Å². The van der Waals surface area contributed by atoms with Gasteiger partial charge in [-0.15, -0.1) is 11.3 Å². The van der Waals surface area contributed by atoms with Gasteiger partial charge in [-0.3, -0.25) is 9.59 Å². The molecule has 5 nitrogen and oxygen atoms in total. The minimum atomic E-state index is -0.105. The van der Waals surface area contributed by atoms with Crippen LogP contribution in [0.2, 0.25) is 0 Å². The Kier molecular flexibility index (Phi) is 7.24. The summed E-state index contributed by atoms with van der Waals surface area (Å²) in [7, 11) is 0. The first-order chi connectivity index (χ1) is 11.5. The molecule has 0 saturated carbocycles. The molecule has 1 heterocycles. The van der Waals surface area contributed by atoms with Crippen molar-refractivity contribution in [2.24, 2.45) is 5.92 Å². The van der Waals surface area contributed by atoms with Crippen LogP contribution in [0.15, 0.2) is 0 Å². The second-order valence-corrected chi connectivity index (χ2v) is 7.47. The van der Waals surface area contributed by atoms with E-state index in [0.717, 1.165) is 37.7 Å². The molecule has 1 aliphatic rings. The quantitative estimate of drug-likeness (QED) is 0.705. The number of aryl methyl sites for hydroxylation is 1. The molecule has 134 valence electrons. The third kappa shape index (κ3) is 4.80. The highest BCUT2D eigenvalue weighted by Gasteiger charge is 2.26. The number of hydrogen-bond acceptors (Lipinski definition) is 4. The number of hydrogen-bond donors (Lipinski definition) is 2. The topological polar surface area (TPSA) is 67.4 Å². The Morgan fingerprint density at radius 2 is 2.00 bits per heavy atom. The molecule has 1 aliphatic carbocycles. The lowest BCUT2D eigenvalue weighted by Crippen LogP contribution is -2.28. The lowest BCUT2D eigenvalue weighted by molar-refractivity contribution is -0.118. The molecule has 24 heavy (non-hydrogen) atoms. The van der Waals surface area contributed by atoms with E-state index >= 15 is 0 Å². The molecule has 2 N–H and O–H groups in total. The Morgan fingerprint density at radius 1 is 1.25 bits per heavy atom. The van der Waals surface area contributed by atoms with Crippen LogP contribution in [0.4, 0.5) is 5.00 Å². The summed E-state index contributed by atoms with van der Waals surface area (Å²) in [4.78, 5) is 26.0.